The van der Waals surface area contributed by atoms with Gasteiger partial charge < -0.3 is 109 Å². The molecule has 75 heavy (non-hydrogen) atoms. The van der Waals surface area contributed by atoms with Crippen LogP contribution in [0.5, 0.6) is 0 Å². The Morgan fingerprint density at radius 3 is 1.73 bits per heavy atom. The Kier molecular flexibility index (Phi) is 26.8. The topological polar surface area (TPSA) is 515 Å². The lowest BCUT2D eigenvalue weighted by atomic mass is 9.94. The number of unbranched alkanes of at least 4 members (excludes halogenated alkanes) is 1. The quantitative estimate of drug-likeness (QED) is 0.0297. The average Bonchev–Trinajstić information content (AvgIpc) is 3.32. The van der Waals surface area contributed by atoms with Crippen LogP contribution in [0.15, 0.2) is 0 Å². The number of carboxylic acid groups (broad SMARTS) is 2. The highest BCUT2D eigenvalue weighted by Gasteiger charge is 2.53. The van der Waals surface area contributed by atoms with Crippen LogP contribution in [0.25, 0.3) is 0 Å². The molecule has 0 aromatic rings. The molecule has 2 saturated heterocycles. The lowest BCUT2D eigenvalue weighted by Gasteiger charge is -2.48. The molecule has 2 heterocycles. The number of hydrogen-bond donors (Lipinski definition) is 17. The zero-order valence-electron chi connectivity index (χ0n) is 42.1. The molecule has 2 aliphatic rings. The van der Waals surface area contributed by atoms with Crippen molar-refractivity contribution in [3.63, 3.8) is 0 Å². The van der Waals surface area contributed by atoms with E-state index in [1.807, 2.05) is 0 Å². The minimum absolute atomic E-state index is 0.00399. The minimum Gasteiger partial charge on any atom is -0.481 e. The summed E-state index contributed by atoms with van der Waals surface area (Å²) in [5.74, 6) is -10.6. The largest absolute Gasteiger partial charge is 0.481 e. The van der Waals surface area contributed by atoms with Crippen LogP contribution in [-0.2, 0) is 71.7 Å². The molecule has 2 rings (SSSR count). The van der Waals surface area contributed by atoms with Gasteiger partial charge in [-0.05, 0) is 53.4 Å². The van der Waals surface area contributed by atoms with Gasteiger partial charge in [-0.25, -0.2) is 0 Å². The van der Waals surface area contributed by atoms with E-state index < -0.39 is 201 Å². The third kappa shape index (κ3) is 20.8. The van der Waals surface area contributed by atoms with Gasteiger partial charge in [-0.3, -0.25) is 52.7 Å². The molecule has 0 aromatic carbocycles. The Labute approximate surface area is 429 Å². The van der Waals surface area contributed by atoms with Gasteiger partial charge in [0.1, 0.15) is 85.0 Å². The molecule has 0 saturated carbocycles. The molecule has 9 amide bonds. The monoisotopic (exact) mass is 1080 g/mol. The van der Waals surface area contributed by atoms with Gasteiger partial charge in [0, 0.05) is 26.8 Å². The van der Waals surface area contributed by atoms with Crippen molar-refractivity contribution in [1.29, 1.82) is 0 Å². The van der Waals surface area contributed by atoms with Gasteiger partial charge in [0.05, 0.1) is 25.7 Å². The Hall–Kier alpha value is -6.23. The van der Waals surface area contributed by atoms with Crippen molar-refractivity contribution >= 4 is 65.1 Å². The number of rotatable bonds is 30. The third-order valence-electron chi connectivity index (χ3n) is 11.6. The van der Waals surface area contributed by atoms with Crippen molar-refractivity contribution < 1.29 is 107 Å². The molecule has 0 bridgehead atoms. The molecular weight excluding hydrogens is 1010 g/mol. The van der Waals surface area contributed by atoms with Crippen LogP contribution in [-0.4, -0.2) is 224 Å². The smallest absolute Gasteiger partial charge is 0.325 e. The number of ether oxygens (including phenoxy) is 4. The highest BCUT2D eigenvalue weighted by Crippen LogP contribution is 2.31. The van der Waals surface area contributed by atoms with Crippen LogP contribution in [0, 0.1) is 0 Å². The van der Waals surface area contributed by atoms with Crippen LogP contribution >= 0.6 is 0 Å². The number of nitrogens with one attached hydrogen (secondary N) is 8. The van der Waals surface area contributed by atoms with E-state index in [9.17, 15) is 78.3 Å². The summed E-state index contributed by atoms with van der Waals surface area (Å²) < 4.78 is 23.2. The zero-order valence-corrected chi connectivity index (χ0v) is 42.1. The second-order valence-electron chi connectivity index (χ2n) is 17.9. The van der Waals surface area contributed by atoms with E-state index in [1.165, 1.54) is 27.7 Å². The SMILES string of the molecule is CC(=O)NC1C(OC2C(CO)OC(O)C(NC(C)=O)C2OC(C)C(=O)NC(C)C(=O)NC(CCC(=O)NC(CCCCNC(=O)C(N)CC(=O)O)C(=O)NC(C)C(=O)NC(C)C(=O)O)C(N)=O)OC(CO)C(O)C1O. The van der Waals surface area contributed by atoms with Crippen LogP contribution in [0.1, 0.15) is 80.1 Å². The summed E-state index contributed by atoms with van der Waals surface area (Å²) in [4.78, 5) is 137. The van der Waals surface area contributed by atoms with Gasteiger partial charge in [-0.2, -0.15) is 0 Å². The number of aliphatic hydroxyl groups is 5. The van der Waals surface area contributed by atoms with E-state index in [1.54, 1.807) is 0 Å². The molecule has 0 aliphatic carbocycles. The molecule has 426 valence electrons. The molecule has 32 nitrogen and oxygen atoms in total. The first-order valence-corrected chi connectivity index (χ1v) is 23.7. The summed E-state index contributed by atoms with van der Waals surface area (Å²) in [5, 5.41) is 89.2. The molecule has 17 atom stereocenters. The van der Waals surface area contributed by atoms with Crippen molar-refractivity contribution in [2.45, 2.75) is 184 Å². The highest BCUT2D eigenvalue weighted by molar-refractivity contribution is 5.94. The molecule has 32 heteroatoms. The predicted molar refractivity (Wildman–Crippen MR) is 250 cm³/mol. The van der Waals surface area contributed by atoms with Gasteiger partial charge >= 0.3 is 11.9 Å². The van der Waals surface area contributed by atoms with E-state index >= 15 is 0 Å². The summed E-state index contributed by atoms with van der Waals surface area (Å²) in [6.45, 7) is 5.23. The lowest BCUT2D eigenvalue weighted by molar-refractivity contribution is -0.333. The average molecular weight is 1080 g/mol. The molecule has 0 spiro atoms. The number of hydrogen-bond acceptors (Lipinski definition) is 21. The van der Waals surface area contributed by atoms with Crippen LogP contribution in [0.2, 0.25) is 0 Å². The molecule has 17 unspecified atom stereocenters. The first-order chi connectivity index (χ1) is 35.0. The van der Waals surface area contributed by atoms with Crippen LogP contribution < -0.4 is 54.0 Å². The fourth-order valence-corrected chi connectivity index (χ4v) is 7.49. The number of aliphatic hydroxyl groups excluding tert-OH is 5. The third-order valence-corrected chi connectivity index (χ3v) is 11.6. The van der Waals surface area contributed by atoms with Gasteiger partial charge in [-0.15, -0.1) is 0 Å². The highest BCUT2D eigenvalue weighted by atomic mass is 16.7. The number of primary amides is 1. The zero-order chi connectivity index (χ0) is 57.0. The van der Waals surface area contributed by atoms with Crippen molar-refractivity contribution in [2.24, 2.45) is 11.5 Å². The van der Waals surface area contributed by atoms with Gasteiger partial charge in [-0.1, -0.05) is 0 Å². The second-order valence-corrected chi connectivity index (χ2v) is 17.9. The van der Waals surface area contributed by atoms with Gasteiger partial charge in [0.2, 0.25) is 53.2 Å². The summed E-state index contributed by atoms with van der Waals surface area (Å²) in [5.41, 5.74) is 11.1. The summed E-state index contributed by atoms with van der Waals surface area (Å²) in [6, 6.07) is -11.4. The molecule has 0 radical (unpaired) electrons. The molecule has 19 N–H and O–H groups in total. The Morgan fingerprint density at radius 2 is 1.19 bits per heavy atom. The molecule has 2 aliphatic heterocycles. The Balaban J connectivity index is 2.21. The lowest BCUT2D eigenvalue weighted by Crippen LogP contribution is -2.70. The van der Waals surface area contributed by atoms with E-state index in [4.69, 9.17) is 40.6 Å². The number of nitrogens with two attached hydrogens (primary N) is 2. The van der Waals surface area contributed by atoms with Crippen molar-refractivity contribution in [3.8, 4) is 0 Å². The summed E-state index contributed by atoms with van der Waals surface area (Å²) in [7, 11) is 0. The standard InChI is InChI=1S/C43H72N10O22/c1-16(36(64)49-18(3)41(69)70)48-40(68)24(9-7-8-12-46-39(67)22(44)13-28(59)60)52-27(58)11-10-23(35(45)63)53-37(65)17(2)47-38(66)19(4)72-34-30(51-21(6)57)42(71)73-26(15-55)33(34)75-43-29(50-20(5)56)32(62)31(61)25(14-54)74-43/h16-19,22-26,29-34,42-43,54-55,61-62,71H,7-15,44H2,1-6H3,(H2,45,63)(H,46,67)(H,47,66)(H,48,68)(H,49,64)(H,50,56)(H,51,57)(H,52,58)(H,53,65)(H,59,60)(H,69,70). The number of carbonyl (C=O) groups is 11. The Bertz CT molecular complexity index is 2020. The minimum atomic E-state index is -1.91. The van der Waals surface area contributed by atoms with Gasteiger partial charge in [0.15, 0.2) is 12.6 Å². The number of aliphatic carboxylic acids is 2. The number of carbonyl (C=O) groups excluding carboxylic acids is 9. The predicted octanol–water partition coefficient (Wildman–Crippen LogP) is -8.77. The Morgan fingerprint density at radius 1 is 0.627 bits per heavy atom. The van der Waals surface area contributed by atoms with E-state index in [-0.39, 0.29) is 25.8 Å². The maximum Gasteiger partial charge on any atom is 0.325 e. The molecular formula is C43H72N10O22. The van der Waals surface area contributed by atoms with E-state index in [2.05, 4.69) is 42.5 Å². The molecule has 0 aromatic heterocycles. The summed E-state index contributed by atoms with van der Waals surface area (Å²) in [6.07, 6.45) is -16.4. The molecule has 2 fully saturated rings. The first-order valence-electron chi connectivity index (χ1n) is 23.7. The van der Waals surface area contributed by atoms with Crippen LogP contribution in [0.3, 0.4) is 0 Å². The first kappa shape index (κ1) is 64.9. The van der Waals surface area contributed by atoms with Crippen LogP contribution in [0.4, 0.5) is 0 Å². The normalized spacial score (nSPS) is 26.2. The van der Waals surface area contributed by atoms with Crippen molar-refractivity contribution in [2.75, 3.05) is 19.8 Å². The number of carboxylic acids is 2. The van der Waals surface area contributed by atoms with Crippen molar-refractivity contribution in [3.05, 3.63) is 0 Å². The fraction of sp³-hybridized carbons (Fsp3) is 0.744. The summed E-state index contributed by atoms with van der Waals surface area (Å²) >= 11 is 0. The van der Waals surface area contributed by atoms with E-state index in [0.717, 1.165) is 13.8 Å². The van der Waals surface area contributed by atoms with Crippen molar-refractivity contribution in [1.82, 2.24) is 42.5 Å². The number of amides is 9. The van der Waals surface area contributed by atoms with E-state index in [0.29, 0.717) is 0 Å². The van der Waals surface area contributed by atoms with Gasteiger partial charge in [0.25, 0.3) is 0 Å². The maximum atomic E-state index is 13.6. The fourth-order valence-electron chi connectivity index (χ4n) is 7.49. The second kappa shape index (κ2) is 31.0. The maximum absolute atomic E-state index is 13.6.